The van der Waals surface area contributed by atoms with Gasteiger partial charge in [0.15, 0.2) is 17.3 Å². The Kier molecular flexibility index (Phi) is 8.02. The fourth-order valence-electron chi connectivity index (χ4n) is 4.04. The minimum absolute atomic E-state index is 0.140. The lowest BCUT2D eigenvalue weighted by atomic mass is 10.1. The van der Waals surface area contributed by atoms with E-state index in [0.717, 1.165) is 30.7 Å². The van der Waals surface area contributed by atoms with Crippen LogP contribution < -0.4 is 14.9 Å². The minimum atomic E-state index is -0.480. The number of halogens is 3. The molecule has 1 aromatic heterocycles. The number of hydrogen-bond acceptors (Lipinski definition) is 5. The van der Waals surface area contributed by atoms with E-state index in [1.807, 2.05) is 43.3 Å². The van der Waals surface area contributed by atoms with Crippen molar-refractivity contribution < 1.29 is 18.7 Å². The van der Waals surface area contributed by atoms with E-state index in [1.54, 1.807) is 18.2 Å². The van der Waals surface area contributed by atoms with Crippen molar-refractivity contribution in [3.63, 3.8) is 0 Å². The molecule has 0 atom stereocenters. The number of carbonyl (C=O) groups is 1. The van der Waals surface area contributed by atoms with Gasteiger partial charge in [-0.3, -0.25) is 4.79 Å². The molecule has 1 heterocycles. The predicted molar refractivity (Wildman–Crippen MR) is 158 cm³/mol. The fraction of sp³-hybridized carbons (Fsp3) is 0.103. The summed E-state index contributed by atoms with van der Waals surface area (Å²) >= 11 is 13.5. The van der Waals surface area contributed by atoms with Crippen molar-refractivity contribution >= 4 is 77.3 Å². The third kappa shape index (κ3) is 5.72. The lowest BCUT2D eigenvalue weighted by Gasteiger charge is -2.15. The second-order valence-electron chi connectivity index (χ2n) is 8.31. The summed E-state index contributed by atoms with van der Waals surface area (Å²) < 4.78 is 19.2. The molecule has 1 amide bonds. The van der Waals surface area contributed by atoms with Crippen LogP contribution in [0.3, 0.4) is 0 Å². The highest BCUT2D eigenvalue weighted by Gasteiger charge is 2.15. The molecule has 0 unspecified atom stereocenters. The highest BCUT2D eigenvalue weighted by atomic mass is 79.9. The molecule has 0 radical (unpaired) electrons. The van der Waals surface area contributed by atoms with Crippen LogP contribution in [0.15, 0.2) is 91.3 Å². The van der Waals surface area contributed by atoms with E-state index in [0.29, 0.717) is 40.9 Å². The Morgan fingerprint density at radius 1 is 1.03 bits per heavy atom. The van der Waals surface area contributed by atoms with Gasteiger partial charge in [-0.15, -0.1) is 0 Å². The Balaban J connectivity index is 1.32. The maximum absolute atomic E-state index is 12.6. The molecule has 0 saturated heterocycles. The zero-order chi connectivity index (χ0) is 26.6. The molecule has 6 nitrogen and oxygen atoms in total. The molecule has 0 spiro atoms. The summed E-state index contributed by atoms with van der Waals surface area (Å²) in [4.78, 5) is 12.6. The monoisotopic (exact) mass is 654 g/mol. The van der Waals surface area contributed by atoms with Crippen LogP contribution in [0.2, 0.25) is 5.02 Å². The Bertz CT molecular complexity index is 1680. The highest BCUT2D eigenvalue weighted by molar-refractivity contribution is 9.11. The number of amides is 1. The highest BCUT2D eigenvalue weighted by Crippen LogP contribution is 2.37. The van der Waals surface area contributed by atoms with Gasteiger partial charge in [0.2, 0.25) is 0 Å². The molecule has 38 heavy (non-hydrogen) atoms. The van der Waals surface area contributed by atoms with Gasteiger partial charge in [-0.2, -0.15) is 5.10 Å². The third-order valence-electron chi connectivity index (χ3n) is 5.72. The van der Waals surface area contributed by atoms with Crippen molar-refractivity contribution in [3.05, 3.63) is 104 Å². The summed E-state index contributed by atoms with van der Waals surface area (Å²) in [5.74, 6) is 0.593. The van der Waals surface area contributed by atoms with Crippen molar-refractivity contribution in [1.29, 1.82) is 0 Å². The summed E-state index contributed by atoms with van der Waals surface area (Å²) in [6.07, 6.45) is 1.48. The molecule has 5 rings (SSSR count). The van der Waals surface area contributed by atoms with E-state index in [-0.39, 0.29) is 5.76 Å². The first-order valence-electron chi connectivity index (χ1n) is 11.7. The summed E-state index contributed by atoms with van der Waals surface area (Å²) in [6.45, 7) is 2.64. The Labute approximate surface area is 240 Å². The van der Waals surface area contributed by atoms with Crippen LogP contribution in [-0.2, 0) is 6.61 Å². The number of nitrogens with zero attached hydrogens (tertiary/aromatic N) is 1. The number of carbonyl (C=O) groups excluding carboxylic acids is 1. The largest absolute Gasteiger partial charge is 0.490 e. The number of ether oxygens (including phenoxy) is 2. The molecule has 1 N–H and O–H groups in total. The SMILES string of the molecule is CCOc1cc(/C=N\NC(=O)c2cc3cc(Br)cc(Br)c3o2)cc(Cl)c1OCc1cccc2ccccc12. The number of rotatable bonds is 8. The van der Waals surface area contributed by atoms with E-state index >= 15 is 0 Å². The van der Waals surface area contributed by atoms with Crippen LogP contribution in [0.25, 0.3) is 21.7 Å². The van der Waals surface area contributed by atoms with E-state index in [9.17, 15) is 4.79 Å². The number of fused-ring (bicyclic) bond motifs is 2. The quantitative estimate of drug-likeness (QED) is 0.134. The molecule has 9 heteroatoms. The first-order chi connectivity index (χ1) is 18.4. The average molecular weight is 657 g/mol. The van der Waals surface area contributed by atoms with Crippen LogP contribution >= 0.6 is 43.5 Å². The van der Waals surface area contributed by atoms with Gasteiger partial charge in [-0.25, -0.2) is 5.43 Å². The third-order valence-corrected chi connectivity index (χ3v) is 7.05. The maximum Gasteiger partial charge on any atom is 0.307 e. The smallest absolute Gasteiger partial charge is 0.307 e. The van der Waals surface area contributed by atoms with Gasteiger partial charge in [0.1, 0.15) is 12.2 Å². The second kappa shape index (κ2) is 11.6. The summed E-state index contributed by atoms with van der Waals surface area (Å²) in [5, 5.41) is 7.48. The first-order valence-corrected chi connectivity index (χ1v) is 13.7. The predicted octanol–water partition coefficient (Wildman–Crippen LogP) is 8.51. The number of nitrogens with one attached hydrogen (secondary N) is 1. The van der Waals surface area contributed by atoms with Crippen molar-refractivity contribution in [1.82, 2.24) is 5.43 Å². The molecule has 4 aromatic carbocycles. The van der Waals surface area contributed by atoms with Crippen molar-refractivity contribution in [3.8, 4) is 11.5 Å². The van der Waals surface area contributed by atoms with Gasteiger partial charge in [-0.1, -0.05) is 70.0 Å². The average Bonchev–Trinajstić information content (AvgIpc) is 3.33. The number of furan rings is 1. The molecule has 0 aliphatic heterocycles. The molecule has 0 saturated carbocycles. The molecule has 5 aromatic rings. The fourth-order valence-corrected chi connectivity index (χ4v) is 5.65. The molecule has 192 valence electrons. The maximum atomic E-state index is 12.6. The zero-order valence-corrected chi connectivity index (χ0v) is 24.1. The number of hydrazone groups is 1. The minimum Gasteiger partial charge on any atom is -0.490 e. The van der Waals surface area contributed by atoms with Crippen molar-refractivity contribution in [2.24, 2.45) is 5.10 Å². The number of hydrogen-bond donors (Lipinski definition) is 1. The lowest BCUT2D eigenvalue weighted by molar-refractivity contribution is 0.0929. The topological polar surface area (TPSA) is 73.1 Å². The summed E-state index contributed by atoms with van der Waals surface area (Å²) in [6, 6.07) is 23.1. The van der Waals surface area contributed by atoms with Gasteiger partial charge in [-0.05, 0) is 75.1 Å². The van der Waals surface area contributed by atoms with Gasteiger partial charge in [0, 0.05) is 9.86 Å². The summed E-state index contributed by atoms with van der Waals surface area (Å²) in [7, 11) is 0. The summed E-state index contributed by atoms with van der Waals surface area (Å²) in [5.41, 5.74) is 4.74. The van der Waals surface area contributed by atoms with Crippen molar-refractivity contribution in [2.45, 2.75) is 13.5 Å². The van der Waals surface area contributed by atoms with Gasteiger partial charge >= 0.3 is 5.91 Å². The molecule has 0 fully saturated rings. The standard InChI is InChI=1S/C29H21Br2ClN2O4/c1-2-36-25-11-17(15-33-34-29(35)26-13-20-12-21(30)14-23(31)27(20)38-26)10-24(32)28(25)37-16-19-8-5-7-18-6-3-4-9-22(18)19/h3-15H,2,16H2,1H3,(H,34,35)/b33-15-. The van der Waals surface area contributed by atoms with Gasteiger partial charge < -0.3 is 13.9 Å². The first kappa shape index (κ1) is 26.3. The van der Waals surface area contributed by atoms with Crippen LogP contribution in [-0.4, -0.2) is 18.7 Å². The normalized spacial score (nSPS) is 11.4. The zero-order valence-electron chi connectivity index (χ0n) is 20.1. The molecule has 0 aliphatic rings. The Morgan fingerprint density at radius 3 is 2.68 bits per heavy atom. The molecular formula is C29H21Br2ClN2O4. The van der Waals surface area contributed by atoms with Gasteiger partial charge in [0.05, 0.1) is 22.3 Å². The van der Waals surface area contributed by atoms with Crippen LogP contribution in [0.4, 0.5) is 0 Å². The molecule has 0 aliphatic carbocycles. The number of benzene rings is 4. The second-order valence-corrected chi connectivity index (χ2v) is 10.5. The Hall–Kier alpha value is -3.33. The van der Waals surface area contributed by atoms with Crippen molar-refractivity contribution in [2.75, 3.05) is 6.61 Å². The van der Waals surface area contributed by atoms with E-state index < -0.39 is 5.91 Å². The van der Waals surface area contributed by atoms with Crippen LogP contribution in [0, 0.1) is 0 Å². The Morgan fingerprint density at radius 2 is 1.84 bits per heavy atom. The van der Waals surface area contributed by atoms with Gasteiger partial charge in [0.25, 0.3) is 0 Å². The van der Waals surface area contributed by atoms with E-state index in [2.05, 4.69) is 60.6 Å². The molecular weight excluding hydrogens is 636 g/mol. The molecule has 0 bridgehead atoms. The lowest BCUT2D eigenvalue weighted by Crippen LogP contribution is -2.16. The van der Waals surface area contributed by atoms with E-state index in [1.165, 1.54) is 6.21 Å². The van der Waals surface area contributed by atoms with Crippen LogP contribution in [0.1, 0.15) is 28.6 Å². The van der Waals surface area contributed by atoms with Crippen LogP contribution in [0.5, 0.6) is 11.5 Å². The van der Waals surface area contributed by atoms with E-state index in [4.69, 9.17) is 25.5 Å².